The van der Waals surface area contributed by atoms with Crippen LogP contribution in [0.25, 0.3) is 0 Å². The first-order valence-electron chi connectivity index (χ1n) is 4.55. The van der Waals surface area contributed by atoms with E-state index >= 15 is 0 Å². The summed E-state index contributed by atoms with van der Waals surface area (Å²) < 4.78 is 30.4. The van der Waals surface area contributed by atoms with Crippen LogP contribution >= 0.6 is 0 Å². The van der Waals surface area contributed by atoms with Crippen molar-refractivity contribution in [1.82, 2.24) is 0 Å². The van der Waals surface area contributed by atoms with Crippen molar-refractivity contribution >= 4 is 17.5 Å². The zero-order chi connectivity index (χ0) is 13.0. The molecular formula is C11H8F2O4. The Bertz CT molecular complexity index is 462. The largest absolute Gasteiger partial charge is 0.463 e. The van der Waals surface area contributed by atoms with E-state index in [-0.39, 0.29) is 0 Å². The molecule has 0 unspecified atom stereocenters. The molecule has 0 saturated heterocycles. The number of Topliss-reactive ketones (excluding diaryl/α,β-unsaturated/α-hetero) is 2. The van der Waals surface area contributed by atoms with Crippen molar-refractivity contribution in [2.24, 2.45) is 0 Å². The number of hydrogen-bond acceptors (Lipinski definition) is 4. The van der Waals surface area contributed by atoms with Gasteiger partial charge in [-0.2, -0.15) is 0 Å². The molecule has 0 heterocycles. The number of carbonyl (C=O) groups is 3. The minimum absolute atomic E-state index is 0.829. The van der Waals surface area contributed by atoms with E-state index in [1.165, 1.54) is 0 Å². The molecule has 17 heavy (non-hydrogen) atoms. The molecule has 6 heteroatoms. The van der Waals surface area contributed by atoms with E-state index in [1.54, 1.807) is 0 Å². The Labute approximate surface area is 95.2 Å². The van der Waals surface area contributed by atoms with Gasteiger partial charge in [0.1, 0.15) is 11.6 Å². The first kappa shape index (κ1) is 13.0. The second-order valence-corrected chi connectivity index (χ2v) is 3.11. The van der Waals surface area contributed by atoms with E-state index in [0.29, 0.717) is 0 Å². The standard InChI is InChI=1S/C11H8F2O4/c1-17-11(16)9(15)5-8(14)10-6(12)3-2-4-7(10)13/h2-4H,5H2,1H3. The molecule has 0 aromatic heterocycles. The van der Waals surface area contributed by atoms with Crippen LogP contribution in [0.2, 0.25) is 0 Å². The van der Waals surface area contributed by atoms with Gasteiger partial charge in [0.05, 0.1) is 19.1 Å². The van der Waals surface area contributed by atoms with Gasteiger partial charge in [-0.15, -0.1) is 0 Å². The highest BCUT2D eigenvalue weighted by molar-refractivity contribution is 6.38. The minimum atomic E-state index is -1.23. The maximum absolute atomic E-state index is 13.1. The predicted octanol–water partition coefficient (Wildman–Crippen LogP) is 1.28. The number of esters is 1. The fourth-order valence-electron chi connectivity index (χ4n) is 1.18. The molecule has 1 aromatic carbocycles. The molecule has 4 nitrogen and oxygen atoms in total. The molecule has 1 aromatic rings. The smallest absolute Gasteiger partial charge is 0.374 e. The number of benzene rings is 1. The molecule has 0 N–H and O–H groups in total. The van der Waals surface area contributed by atoms with E-state index in [0.717, 1.165) is 25.3 Å². The Balaban J connectivity index is 2.91. The van der Waals surface area contributed by atoms with Gasteiger partial charge in [0.2, 0.25) is 5.78 Å². The van der Waals surface area contributed by atoms with Crippen LogP contribution in [0.3, 0.4) is 0 Å². The fraction of sp³-hybridized carbons (Fsp3) is 0.182. The maximum atomic E-state index is 13.1. The van der Waals surface area contributed by atoms with E-state index in [4.69, 9.17) is 0 Å². The van der Waals surface area contributed by atoms with Gasteiger partial charge in [-0.05, 0) is 12.1 Å². The molecule has 0 aliphatic rings. The summed E-state index contributed by atoms with van der Waals surface area (Å²) in [7, 11) is 0.967. The molecule has 0 atom stereocenters. The van der Waals surface area contributed by atoms with Crippen molar-refractivity contribution in [2.45, 2.75) is 6.42 Å². The summed E-state index contributed by atoms with van der Waals surface area (Å²) in [6.07, 6.45) is -0.926. The molecule has 0 amide bonds. The molecule has 0 spiro atoms. The first-order chi connectivity index (χ1) is 7.97. The normalized spacial score (nSPS) is 9.82. The summed E-state index contributed by atoms with van der Waals surface area (Å²) in [5, 5.41) is 0. The second-order valence-electron chi connectivity index (χ2n) is 3.11. The number of ketones is 2. The average Bonchev–Trinajstić information content (AvgIpc) is 2.27. The molecule has 0 aliphatic heterocycles. The van der Waals surface area contributed by atoms with Gasteiger partial charge in [0.25, 0.3) is 0 Å². The monoisotopic (exact) mass is 242 g/mol. The Morgan fingerprint density at radius 1 is 1.18 bits per heavy atom. The number of halogens is 2. The summed E-state index contributed by atoms with van der Waals surface area (Å²) in [4.78, 5) is 33.2. The van der Waals surface area contributed by atoms with Crippen LogP contribution in [0.15, 0.2) is 18.2 Å². The zero-order valence-corrected chi connectivity index (χ0v) is 8.83. The summed E-state index contributed by atoms with van der Waals surface area (Å²) in [5.74, 6) is -5.63. The highest BCUT2D eigenvalue weighted by Gasteiger charge is 2.23. The van der Waals surface area contributed by atoms with Gasteiger partial charge in [-0.3, -0.25) is 9.59 Å². The van der Waals surface area contributed by atoms with Crippen molar-refractivity contribution in [3.8, 4) is 0 Å². The zero-order valence-electron chi connectivity index (χ0n) is 8.83. The quantitative estimate of drug-likeness (QED) is 0.345. The third-order valence-corrected chi connectivity index (χ3v) is 1.98. The number of carbonyl (C=O) groups excluding carboxylic acids is 3. The van der Waals surface area contributed by atoms with E-state index < -0.39 is 41.2 Å². The van der Waals surface area contributed by atoms with E-state index in [1.807, 2.05) is 0 Å². The minimum Gasteiger partial charge on any atom is -0.463 e. The summed E-state index contributed by atoms with van der Waals surface area (Å²) in [6, 6.07) is 2.86. The van der Waals surface area contributed by atoms with Crippen LogP contribution in [0, 0.1) is 11.6 Å². The molecule has 0 radical (unpaired) electrons. The fourth-order valence-corrected chi connectivity index (χ4v) is 1.18. The molecule has 0 saturated carbocycles. The Hall–Kier alpha value is -2.11. The number of methoxy groups -OCH3 is 1. The van der Waals surface area contributed by atoms with Crippen molar-refractivity contribution < 1.29 is 27.9 Å². The lowest BCUT2D eigenvalue weighted by Gasteiger charge is -2.02. The van der Waals surface area contributed by atoms with Crippen LogP contribution in [0.5, 0.6) is 0 Å². The van der Waals surface area contributed by atoms with Crippen LogP contribution in [-0.4, -0.2) is 24.6 Å². The van der Waals surface area contributed by atoms with Crippen LogP contribution in [-0.2, 0) is 14.3 Å². The SMILES string of the molecule is COC(=O)C(=O)CC(=O)c1c(F)cccc1F. The predicted molar refractivity (Wildman–Crippen MR) is 52.3 cm³/mol. The van der Waals surface area contributed by atoms with Crippen LogP contribution in [0.4, 0.5) is 8.78 Å². The van der Waals surface area contributed by atoms with Crippen LogP contribution in [0.1, 0.15) is 16.8 Å². The lowest BCUT2D eigenvalue weighted by molar-refractivity contribution is -0.151. The summed E-state index contributed by atoms with van der Waals surface area (Å²) >= 11 is 0. The Morgan fingerprint density at radius 3 is 2.18 bits per heavy atom. The lowest BCUT2D eigenvalue weighted by atomic mass is 10.0. The summed E-state index contributed by atoms with van der Waals surface area (Å²) in [6.45, 7) is 0. The van der Waals surface area contributed by atoms with Gasteiger partial charge in [0.15, 0.2) is 5.78 Å². The second kappa shape index (κ2) is 5.29. The number of hydrogen-bond donors (Lipinski definition) is 0. The van der Waals surface area contributed by atoms with Crippen molar-refractivity contribution in [1.29, 1.82) is 0 Å². The van der Waals surface area contributed by atoms with Crippen LogP contribution < -0.4 is 0 Å². The molecular weight excluding hydrogens is 234 g/mol. The molecule has 0 bridgehead atoms. The molecule has 90 valence electrons. The lowest BCUT2D eigenvalue weighted by Crippen LogP contribution is -2.20. The number of ether oxygens (including phenoxy) is 1. The highest BCUT2D eigenvalue weighted by Crippen LogP contribution is 2.14. The van der Waals surface area contributed by atoms with Crippen molar-refractivity contribution in [3.63, 3.8) is 0 Å². The topological polar surface area (TPSA) is 60.4 Å². The first-order valence-corrected chi connectivity index (χ1v) is 4.55. The average molecular weight is 242 g/mol. The summed E-state index contributed by atoms with van der Waals surface area (Å²) in [5.41, 5.74) is -0.829. The van der Waals surface area contributed by atoms with Gasteiger partial charge >= 0.3 is 5.97 Å². The Morgan fingerprint density at radius 2 is 1.71 bits per heavy atom. The maximum Gasteiger partial charge on any atom is 0.374 e. The van der Waals surface area contributed by atoms with Gasteiger partial charge < -0.3 is 4.74 Å². The molecule has 0 aliphatic carbocycles. The van der Waals surface area contributed by atoms with Crippen molar-refractivity contribution in [3.05, 3.63) is 35.4 Å². The highest BCUT2D eigenvalue weighted by atomic mass is 19.1. The van der Waals surface area contributed by atoms with E-state index in [2.05, 4.69) is 4.74 Å². The van der Waals surface area contributed by atoms with Gasteiger partial charge in [0, 0.05) is 0 Å². The Kier molecular flexibility index (Phi) is 4.03. The van der Waals surface area contributed by atoms with E-state index in [9.17, 15) is 23.2 Å². The van der Waals surface area contributed by atoms with Gasteiger partial charge in [-0.25, -0.2) is 13.6 Å². The number of rotatable bonds is 4. The molecule has 1 rings (SSSR count). The van der Waals surface area contributed by atoms with Crippen molar-refractivity contribution in [2.75, 3.05) is 7.11 Å². The van der Waals surface area contributed by atoms with Gasteiger partial charge in [-0.1, -0.05) is 6.07 Å². The third-order valence-electron chi connectivity index (χ3n) is 1.98. The third kappa shape index (κ3) is 2.93. The molecule has 0 fully saturated rings.